The van der Waals surface area contributed by atoms with Crippen molar-refractivity contribution in [1.29, 1.82) is 0 Å². The summed E-state index contributed by atoms with van der Waals surface area (Å²) in [4.78, 5) is 28.7. The number of benzene rings is 12. The van der Waals surface area contributed by atoms with Crippen LogP contribution < -0.4 is 78.2 Å². The minimum atomic E-state index is -1.30. The maximum absolute atomic E-state index is 8.48. The molecule has 6 aromatic heterocycles. The average Bonchev–Trinajstić information content (AvgIpc) is 1.64. The molecule has 0 atom stereocenters. The molecule has 2 aliphatic heterocycles. The van der Waals surface area contributed by atoms with Crippen molar-refractivity contribution in [2.75, 3.05) is 76.3 Å². The van der Waals surface area contributed by atoms with Crippen LogP contribution in [0.2, 0.25) is 0 Å². The van der Waals surface area contributed by atoms with Gasteiger partial charge in [0.1, 0.15) is 21.9 Å². The fraction of sp³-hybridized carbons (Fsp3) is 0.118. The van der Waals surface area contributed by atoms with E-state index in [1.165, 1.54) is 75.0 Å². The number of likely N-dealkylation sites (N-methyl/N-ethyl adjacent to an activating group) is 2. The number of nitrogens with zero attached hydrogens (tertiary/aromatic N) is 12. The van der Waals surface area contributed by atoms with E-state index in [0.717, 1.165) is 102 Å². The molecule has 0 unspecified atom stereocenters. The number of halogens is 1. The van der Waals surface area contributed by atoms with Crippen LogP contribution >= 0.6 is 70.3 Å². The number of aryl methyl sites for hydroxylation is 2. The Labute approximate surface area is 770 Å². The zero-order valence-corrected chi connectivity index (χ0v) is 78.4. The van der Waals surface area contributed by atoms with Crippen molar-refractivity contribution in [1.82, 2.24) is 49.0 Å². The van der Waals surface area contributed by atoms with Crippen molar-refractivity contribution in [2.24, 2.45) is 0 Å². The predicted molar refractivity (Wildman–Crippen MR) is 536 cm³/mol. The summed E-state index contributed by atoms with van der Waals surface area (Å²) in [5.41, 5.74) is 2.68. The number of aromatic nitrogens is 8. The van der Waals surface area contributed by atoms with Crippen LogP contribution in [0, 0.1) is 13.8 Å². The summed E-state index contributed by atoms with van der Waals surface area (Å²) in [5, 5.41) is 46.5. The topological polar surface area (TPSA) is 140 Å². The van der Waals surface area contributed by atoms with E-state index in [9.17, 15) is 0 Å². The Kier molecular flexibility index (Phi) is 35.6. The Morgan fingerprint density at radius 2 is 0.544 bits per heavy atom. The summed E-state index contributed by atoms with van der Waals surface area (Å²) in [6.45, 7) is 11.9. The molecule has 14 nitrogen and oxygen atoms in total. The molecule has 0 spiro atoms. The molecule has 2 N–H and O–H groups in total. The molecular formula is C102H98BBrN12O2P4PdS2. The fourth-order valence-corrected chi connectivity index (χ4v) is 25.0. The average molecular weight is 1910 g/mol. The Balaban J connectivity index is 0.000000126. The predicted octanol–water partition coefficient (Wildman–Crippen LogP) is 16.1. The molecule has 0 saturated carbocycles. The van der Waals surface area contributed by atoms with Gasteiger partial charge in [-0.3, -0.25) is 0 Å². The molecular weight excluding hydrogens is 1810 g/mol. The molecule has 0 aliphatic carbocycles. The Morgan fingerprint density at radius 3 is 0.776 bits per heavy atom. The maximum Gasteiger partial charge on any atom is 0.499 e. The number of thiophene rings is 2. The normalized spacial score (nSPS) is 12.5. The van der Waals surface area contributed by atoms with E-state index in [0.29, 0.717) is 4.78 Å². The smallest absolute Gasteiger partial charge is 0.423 e. The van der Waals surface area contributed by atoms with Gasteiger partial charge in [0.15, 0.2) is 22.9 Å². The first kappa shape index (κ1) is 92.2. The van der Waals surface area contributed by atoms with Gasteiger partial charge in [-0.15, -0.1) is 11.3 Å². The standard InChI is InChI=1S/4C18H15P.C15H18N6S.C11H15BrN6.C4H5BO2S.Pd/c4*1-4-10-16(11-5-1)19(17-12-6-2-7-13-17)18-14-8-3-9-15-18;1-11-17-15-14(20-7-5-19(2)6-8-20)16-10-12(21(15)18-11)13-4-3-9-22-13;1-8-14-11-10(13-7-9(12)18(11)15-8)17-5-3-16(2)4-6-17;6-5(7)4-2-1-3-8-4;/h4*1-15H;3-4,9-10H,5-8H2,1-2H3;7H,3-6H2,1-2H3;1-3,6-7H;. The summed E-state index contributed by atoms with van der Waals surface area (Å²) in [7, 11) is 1.22. The van der Waals surface area contributed by atoms with Gasteiger partial charge >= 0.3 is 7.12 Å². The zero-order valence-electron chi connectivity index (χ0n) is 70.1. The SMILES string of the molecule is Cc1nc2c(N3CCN(C)CC3)ncc(-c3cccs3)n2n1.Cc1nc2c(N3CCN(C)CC3)ncc(Br)n2n1.OB(O)c1cccs1.[Pd].c1ccc(P(c2ccccc2)c2ccccc2)cc1.c1ccc(P(c2ccccc2)c2ccccc2)cc1.c1ccc(P(c2ccccc2)c2ccccc2)cc1.c1ccc(P(c2ccccc2)c2ccccc2)cc1. The van der Waals surface area contributed by atoms with Crippen LogP contribution in [0.15, 0.2) is 416 Å². The molecule has 20 rings (SSSR count). The summed E-state index contributed by atoms with van der Waals surface area (Å²) >= 11 is 6.47. The van der Waals surface area contributed by atoms with Gasteiger partial charge in [0.25, 0.3) is 0 Å². The van der Waals surface area contributed by atoms with E-state index in [1.54, 1.807) is 39.6 Å². The van der Waals surface area contributed by atoms with Crippen molar-refractivity contribution < 1.29 is 30.5 Å². The number of piperazine rings is 2. The minimum Gasteiger partial charge on any atom is -0.423 e. The van der Waals surface area contributed by atoms with Crippen molar-refractivity contribution in [3.8, 4) is 10.6 Å². The quantitative estimate of drug-likeness (QED) is 0.0703. The second-order valence-corrected chi connectivity index (χ2v) is 40.6. The summed E-state index contributed by atoms with van der Waals surface area (Å²) in [6.07, 6.45) is 3.70. The number of rotatable bonds is 16. The van der Waals surface area contributed by atoms with E-state index < -0.39 is 38.8 Å². The van der Waals surface area contributed by atoms with Gasteiger partial charge in [-0.1, -0.05) is 382 Å². The van der Waals surface area contributed by atoms with Crippen molar-refractivity contribution >= 4 is 169 Å². The number of hydrogen-bond acceptors (Lipinski definition) is 14. The van der Waals surface area contributed by atoms with E-state index in [1.807, 2.05) is 30.6 Å². The molecule has 2 fully saturated rings. The minimum absolute atomic E-state index is 0. The monoisotopic (exact) mass is 1910 g/mol. The van der Waals surface area contributed by atoms with Gasteiger partial charge in [0, 0.05) is 77.6 Å². The van der Waals surface area contributed by atoms with E-state index in [2.05, 4.69) is 450 Å². The molecule has 23 heteroatoms. The Morgan fingerprint density at radius 1 is 0.304 bits per heavy atom. The molecule has 2 saturated heterocycles. The summed E-state index contributed by atoms with van der Waals surface area (Å²) in [5.74, 6) is 3.40. The van der Waals surface area contributed by atoms with Crippen molar-refractivity contribution in [2.45, 2.75) is 13.8 Å². The van der Waals surface area contributed by atoms with Gasteiger partial charge in [0.05, 0.1) is 17.3 Å². The third kappa shape index (κ3) is 25.9. The van der Waals surface area contributed by atoms with Crippen LogP contribution in [0.3, 0.4) is 0 Å². The largest absolute Gasteiger partial charge is 0.499 e. The van der Waals surface area contributed by atoms with E-state index in [4.69, 9.17) is 15.0 Å². The number of fused-ring (bicyclic) bond motifs is 2. The van der Waals surface area contributed by atoms with E-state index in [-0.39, 0.29) is 20.4 Å². The van der Waals surface area contributed by atoms with Gasteiger partial charge in [-0.25, -0.2) is 29.0 Å². The van der Waals surface area contributed by atoms with Crippen LogP contribution in [0.1, 0.15) is 11.6 Å². The Hall–Kier alpha value is -10.5. The molecule has 0 radical (unpaired) electrons. The summed E-state index contributed by atoms with van der Waals surface area (Å²) < 4.78 is 5.15. The molecule has 630 valence electrons. The molecule has 125 heavy (non-hydrogen) atoms. The second kappa shape index (κ2) is 48.3. The fourth-order valence-electron chi connectivity index (χ4n) is 14.1. The third-order valence-electron chi connectivity index (χ3n) is 20.2. The van der Waals surface area contributed by atoms with Gasteiger partial charge < -0.3 is 29.6 Å². The van der Waals surface area contributed by atoms with Crippen molar-refractivity contribution in [3.05, 3.63) is 428 Å². The van der Waals surface area contributed by atoms with Crippen LogP contribution in [0.25, 0.3) is 21.9 Å². The summed E-state index contributed by atoms with van der Waals surface area (Å²) in [6, 6.07) is 137. The number of hydrogen-bond donors (Lipinski definition) is 2. The molecule has 2 aliphatic rings. The molecule has 12 aromatic carbocycles. The first-order valence-electron chi connectivity index (χ1n) is 41.2. The van der Waals surface area contributed by atoms with Gasteiger partial charge in [0.2, 0.25) is 0 Å². The third-order valence-corrected chi connectivity index (χ3v) is 32.3. The molecule has 18 aromatic rings. The van der Waals surface area contributed by atoms with Crippen LogP contribution in [-0.2, 0) is 20.4 Å². The number of anilines is 2. The van der Waals surface area contributed by atoms with Gasteiger partial charge in [-0.05, 0) is 156 Å². The molecule has 8 heterocycles. The molecule has 0 amide bonds. The Bertz CT molecular complexity index is 5240. The van der Waals surface area contributed by atoms with Crippen LogP contribution in [0.4, 0.5) is 11.6 Å². The van der Waals surface area contributed by atoms with Crippen LogP contribution in [0.5, 0.6) is 0 Å². The first-order valence-corrected chi connectivity index (χ1v) is 49.1. The zero-order chi connectivity index (χ0) is 85.4. The van der Waals surface area contributed by atoms with Crippen LogP contribution in [-0.4, -0.2) is 133 Å². The van der Waals surface area contributed by atoms with Gasteiger partial charge in [-0.2, -0.15) is 21.5 Å². The van der Waals surface area contributed by atoms with Crippen molar-refractivity contribution in [3.63, 3.8) is 0 Å². The van der Waals surface area contributed by atoms with E-state index >= 15 is 0 Å². The maximum atomic E-state index is 8.48. The first-order chi connectivity index (χ1) is 61.0. The second-order valence-electron chi connectivity index (χ2n) is 29.0. The molecule has 0 bridgehead atoms.